The van der Waals surface area contributed by atoms with Crippen LogP contribution in [0.15, 0.2) is 12.1 Å². The van der Waals surface area contributed by atoms with Crippen LogP contribution >= 0.6 is 12.6 Å². The van der Waals surface area contributed by atoms with Crippen LogP contribution in [0.4, 0.5) is 0 Å². The fourth-order valence-electron chi connectivity index (χ4n) is 1.24. The van der Waals surface area contributed by atoms with Gasteiger partial charge in [-0.2, -0.15) is 17.6 Å². The normalized spacial score (nSPS) is 14.3. The summed E-state index contributed by atoms with van der Waals surface area (Å²) in [5.74, 6) is 0.761. The maximum Gasteiger partial charge on any atom is 0.222 e. The van der Waals surface area contributed by atoms with E-state index >= 15 is 0 Å². The maximum atomic E-state index is 9.80. The first kappa shape index (κ1) is 13.1. The molecule has 90 valence electrons. The molecule has 2 atom stereocenters. The van der Waals surface area contributed by atoms with Crippen molar-refractivity contribution in [3.63, 3.8) is 0 Å². The molecule has 0 aliphatic heterocycles. The van der Waals surface area contributed by atoms with Crippen molar-refractivity contribution in [1.82, 2.24) is 4.98 Å². The predicted molar refractivity (Wildman–Crippen MR) is 62.2 cm³/mol. The lowest BCUT2D eigenvalue weighted by Gasteiger charge is -2.18. The minimum Gasteiger partial charge on any atom is -0.481 e. The molecule has 1 aromatic rings. The summed E-state index contributed by atoms with van der Waals surface area (Å²) < 4.78 is 9.94. The van der Waals surface area contributed by atoms with Gasteiger partial charge in [0, 0.05) is 17.4 Å². The molecule has 1 heterocycles. The molecule has 0 aromatic carbocycles. The Bertz CT molecular complexity index is 348. The highest BCUT2D eigenvalue weighted by Gasteiger charge is 2.21. The van der Waals surface area contributed by atoms with Crippen molar-refractivity contribution in [3.8, 4) is 11.8 Å². The molecular weight excluding hydrogens is 230 g/mol. The number of ether oxygens (including phenoxy) is 2. The average Bonchev–Trinajstić information content (AvgIpc) is 2.35. The van der Waals surface area contributed by atoms with Gasteiger partial charge >= 0.3 is 0 Å². The van der Waals surface area contributed by atoms with Gasteiger partial charge in [0.2, 0.25) is 11.8 Å². The third-order valence-corrected chi connectivity index (χ3v) is 2.51. The largest absolute Gasteiger partial charge is 0.481 e. The van der Waals surface area contributed by atoms with Crippen LogP contribution in [0.2, 0.25) is 0 Å². The van der Waals surface area contributed by atoms with Gasteiger partial charge < -0.3 is 19.7 Å². The molecule has 0 radical (unpaired) electrons. The first-order chi connectivity index (χ1) is 7.63. The first-order valence-corrected chi connectivity index (χ1v) is 5.33. The van der Waals surface area contributed by atoms with Crippen LogP contribution in [0.1, 0.15) is 11.7 Å². The highest BCUT2D eigenvalue weighted by molar-refractivity contribution is 7.80. The second-order valence-corrected chi connectivity index (χ2v) is 3.51. The van der Waals surface area contributed by atoms with E-state index in [9.17, 15) is 10.2 Å². The Kier molecular flexibility index (Phi) is 4.85. The number of thiol groups is 1. The number of hydrogen-bond donors (Lipinski definition) is 3. The highest BCUT2D eigenvalue weighted by Crippen LogP contribution is 2.28. The van der Waals surface area contributed by atoms with Crippen molar-refractivity contribution in [2.45, 2.75) is 12.2 Å². The molecule has 1 rings (SSSR count). The zero-order valence-corrected chi connectivity index (χ0v) is 10.0. The van der Waals surface area contributed by atoms with E-state index < -0.39 is 12.2 Å². The van der Waals surface area contributed by atoms with E-state index in [0.29, 0.717) is 11.4 Å². The Hall–Kier alpha value is -0.980. The molecule has 5 nitrogen and oxygen atoms in total. The molecular formula is C10H15NO4S. The minimum absolute atomic E-state index is 0.149. The Labute approximate surface area is 99.4 Å². The van der Waals surface area contributed by atoms with Crippen molar-refractivity contribution in [2.24, 2.45) is 0 Å². The molecule has 0 aliphatic carbocycles. The van der Waals surface area contributed by atoms with Gasteiger partial charge in [-0.15, -0.1) is 0 Å². The molecule has 0 saturated carbocycles. The van der Waals surface area contributed by atoms with Gasteiger partial charge in [0.05, 0.1) is 20.3 Å². The number of nitrogens with zero attached hydrogens (tertiary/aromatic N) is 1. The first-order valence-electron chi connectivity index (χ1n) is 4.70. The third-order valence-electron chi connectivity index (χ3n) is 2.14. The number of pyridine rings is 1. The third kappa shape index (κ3) is 2.78. The molecule has 0 amide bonds. The van der Waals surface area contributed by atoms with Gasteiger partial charge in [-0.3, -0.25) is 0 Å². The summed E-state index contributed by atoms with van der Waals surface area (Å²) in [7, 11) is 2.92. The maximum absolute atomic E-state index is 9.80. The summed E-state index contributed by atoms with van der Waals surface area (Å²) >= 11 is 3.91. The second kappa shape index (κ2) is 5.93. The molecule has 0 fully saturated rings. The summed E-state index contributed by atoms with van der Waals surface area (Å²) in [6.45, 7) is 0. The molecule has 16 heavy (non-hydrogen) atoms. The lowest BCUT2D eigenvalue weighted by molar-refractivity contribution is 0.0318. The van der Waals surface area contributed by atoms with E-state index in [1.165, 1.54) is 14.2 Å². The van der Waals surface area contributed by atoms with Crippen LogP contribution in [-0.4, -0.2) is 41.3 Å². The summed E-state index contributed by atoms with van der Waals surface area (Å²) in [5.41, 5.74) is 0.407. The van der Waals surface area contributed by atoms with Crippen LogP contribution in [0.3, 0.4) is 0 Å². The number of aliphatic hydroxyl groups excluding tert-OH is 2. The van der Waals surface area contributed by atoms with E-state index in [-0.39, 0.29) is 11.6 Å². The fraction of sp³-hybridized carbons (Fsp3) is 0.500. The van der Waals surface area contributed by atoms with Crippen LogP contribution in [0.25, 0.3) is 0 Å². The number of methoxy groups -OCH3 is 2. The van der Waals surface area contributed by atoms with Crippen LogP contribution in [-0.2, 0) is 0 Å². The molecule has 2 unspecified atom stereocenters. The quantitative estimate of drug-likeness (QED) is 0.656. The smallest absolute Gasteiger partial charge is 0.222 e. The van der Waals surface area contributed by atoms with E-state index in [2.05, 4.69) is 17.6 Å². The molecule has 0 bridgehead atoms. The molecule has 0 aliphatic rings. The Morgan fingerprint density at radius 3 is 2.50 bits per heavy atom. The zero-order valence-electron chi connectivity index (χ0n) is 9.12. The summed E-state index contributed by atoms with van der Waals surface area (Å²) in [5, 5.41) is 19.3. The standard InChI is InChI=1S/C10H15NO4S/c1-14-8-4-3-6(10(11-8)15-2)9(13)7(12)5-16/h3-4,7,9,12-13,16H,5H2,1-2H3. The average molecular weight is 245 g/mol. The van der Waals surface area contributed by atoms with Gasteiger partial charge in [0.1, 0.15) is 6.10 Å². The predicted octanol–water partition coefficient (Wildman–Crippen LogP) is 0.423. The number of rotatable bonds is 5. The topological polar surface area (TPSA) is 71.8 Å². The highest BCUT2D eigenvalue weighted by atomic mass is 32.1. The number of hydrogen-bond acceptors (Lipinski definition) is 6. The van der Waals surface area contributed by atoms with Gasteiger partial charge in [0.25, 0.3) is 0 Å². The lowest BCUT2D eigenvalue weighted by atomic mass is 10.1. The summed E-state index contributed by atoms with van der Waals surface area (Å²) in [6, 6.07) is 3.19. The fourth-order valence-corrected chi connectivity index (χ4v) is 1.44. The molecule has 6 heteroatoms. The van der Waals surface area contributed by atoms with E-state index in [0.717, 1.165) is 0 Å². The summed E-state index contributed by atoms with van der Waals surface area (Å²) in [4.78, 5) is 4.01. The van der Waals surface area contributed by atoms with Gasteiger partial charge in [-0.05, 0) is 6.07 Å². The molecule has 1 aromatic heterocycles. The minimum atomic E-state index is -1.08. The SMILES string of the molecule is COc1ccc(C(O)C(O)CS)c(OC)n1. The van der Waals surface area contributed by atoms with Crippen molar-refractivity contribution in [1.29, 1.82) is 0 Å². The lowest BCUT2D eigenvalue weighted by Crippen LogP contribution is -2.20. The molecule has 2 N–H and O–H groups in total. The van der Waals surface area contributed by atoms with Crippen molar-refractivity contribution >= 4 is 12.6 Å². The monoisotopic (exact) mass is 245 g/mol. The Balaban J connectivity index is 3.03. The van der Waals surface area contributed by atoms with E-state index in [1.807, 2.05) is 0 Å². The zero-order chi connectivity index (χ0) is 12.1. The van der Waals surface area contributed by atoms with Gasteiger partial charge in [0.15, 0.2) is 0 Å². The Morgan fingerprint density at radius 2 is 2.00 bits per heavy atom. The number of aromatic nitrogens is 1. The van der Waals surface area contributed by atoms with Crippen molar-refractivity contribution < 1.29 is 19.7 Å². The van der Waals surface area contributed by atoms with E-state index in [4.69, 9.17) is 9.47 Å². The van der Waals surface area contributed by atoms with Crippen LogP contribution < -0.4 is 9.47 Å². The van der Waals surface area contributed by atoms with Crippen LogP contribution in [0, 0.1) is 0 Å². The molecule has 0 saturated heterocycles. The Morgan fingerprint density at radius 1 is 1.31 bits per heavy atom. The van der Waals surface area contributed by atoms with Gasteiger partial charge in [-0.25, -0.2) is 0 Å². The van der Waals surface area contributed by atoms with Crippen molar-refractivity contribution in [3.05, 3.63) is 17.7 Å². The second-order valence-electron chi connectivity index (χ2n) is 3.15. The summed E-state index contributed by atoms with van der Waals surface area (Å²) in [6.07, 6.45) is -2.04. The van der Waals surface area contributed by atoms with Gasteiger partial charge in [-0.1, -0.05) is 0 Å². The molecule has 0 spiro atoms. The van der Waals surface area contributed by atoms with Crippen LogP contribution in [0.5, 0.6) is 11.8 Å². The van der Waals surface area contributed by atoms with Crippen molar-refractivity contribution in [2.75, 3.05) is 20.0 Å². The van der Waals surface area contributed by atoms with E-state index in [1.54, 1.807) is 12.1 Å². The number of aliphatic hydroxyl groups is 2.